The average Bonchev–Trinajstić information content (AvgIpc) is 2.53. The predicted octanol–water partition coefficient (Wildman–Crippen LogP) is 22.2. The van der Waals surface area contributed by atoms with Crippen molar-refractivity contribution in [3.63, 3.8) is 0 Å². The Morgan fingerprint density at radius 2 is 0.505 bits per heavy atom. The van der Waals surface area contributed by atoms with Gasteiger partial charge in [-0.25, -0.2) is 9.13 Å². The Morgan fingerprint density at radius 3 is 0.768 bits per heavy atom. The van der Waals surface area contributed by atoms with Crippen molar-refractivity contribution in [1.82, 2.24) is 0 Å². The molecule has 0 fully saturated rings. The Hall–Kier alpha value is -2.46. The third kappa shape index (κ3) is 69.8. The lowest BCUT2D eigenvalue weighted by Gasteiger charge is -2.21. The molecular formula is C76H144O17P2. The molecule has 19 heteroatoms. The molecule has 0 saturated heterocycles. The van der Waals surface area contributed by atoms with Crippen LogP contribution in [0.25, 0.3) is 0 Å². The summed E-state index contributed by atoms with van der Waals surface area (Å²) in [7, 11) is -9.92. The first kappa shape index (κ1) is 92.5. The number of carbonyl (C=O) groups excluding carboxylic acids is 4. The molecule has 0 aliphatic carbocycles. The highest BCUT2D eigenvalue weighted by atomic mass is 31.2. The second kappa shape index (κ2) is 70.0. The van der Waals surface area contributed by atoms with Crippen LogP contribution in [0.4, 0.5) is 0 Å². The first-order chi connectivity index (χ1) is 46.2. The van der Waals surface area contributed by atoms with E-state index < -0.39 is 97.5 Å². The molecule has 0 radical (unpaired) electrons. The zero-order valence-corrected chi connectivity index (χ0v) is 62.9. The van der Waals surface area contributed by atoms with Crippen molar-refractivity contribution in [2.24, 2.45) is 0 Å². The Labute approximate surface area is 580 Å². The molecule has 0 aliphatic heterocycles. The molecule has 3 N–H and O–H groups in total. The first-order valence-corrected chi connectivity index (χ1v) is 42.1. The van der Waals surface area contributed by atoms with E-state index in [1.54, 1.807) is 0 Å². The maximum atomic E-state index is 13.1. The van der Waals surface area contributed by atoms with Gasteiger partial charge >= 0.3 is 39.5 Å². The van der Waals surface area contributed by atoms with Crippen molar-refractivity contribution in [2.45, 2.75) is 399 Å². The SMILES string of the molecule is CCCCCC/C=C\C=C/CCCCCCCC(=O)OC[C@H](COP(=O)(O)OC[C@@H](O)COP(=O)(O)OC[C@@H](COC(=O)CCCCCCCCCCC)OC(=O)CCCCCCCCCCCCCC)OC(=O)CCCCCCCCCCCCCCCCCCCCC. The van der Waals surface area contributed by atoms with Gasteiger partial charge in [0.25, 0.3) is 0 Å². The number of unbranched alkanes of at least 4 members (excludes halogenated alkanes) is 46. The molecule has 17 nitrogen and oxygen atoms in total. The van der Waals surface area contributed by atoms with Gasteiger partial charge in [0, 0.05) is 25.7 Å². The van der Waals surface area contributed by atoms with Crippen molar-refractivity contribution in [3.8, 4) is 0 Å². The topological polar surface area (TPSA) is 237 Å². The van der Waals surface area contributed by atoms with Gasteiger partial charge in [-0.2, -0.15) is 0 Å². The lowest BCUT2D eigenvalue weighted by molar-refractivity contribution is -0.161. The second-order valence-electron chi connectivity index (χ2n) is 26.7. The summed E-state index contributed by atoms with van der Waals surface area (Å²) in [4.78, 5) is 72.7. The minimum absolute atomic E-state index is 0.102. The van der Waals surface area contributed by atoms with Gasteiger partial charge < -0.3 is 33.8 Å². The highest BCUT2D eigenvalue weighted by molar-refractivity contribution is 7.47. The summed E-state index contributed by atoms with van der Waals surface area (Å²) in [5.41, 5.74) is 0. The number of hydrogen-bond donors (Lipinski definition) is 3. The monoisotopic (exact) mass is 1390 g/mol. The van der Waals surface area contributed by atoms with Crippen molar-refractivity contribution >= 4 is 39.5 Å². The number of phosphoric acid groups is 2. The lowest BCUT2D eigenvalue weighted by atomic mass is 10.0. The van der Waals surface area contributed by atoms with E-state index in [9.17, 15) is 43.2 Å². The van der Waals surface area contributed by atoms with Crippen molar-refractivity contribution in [1.29, 1.82) is 0 Å². The van der Waals surface area contributed by atoms with Crippen LogP contribution in [-0.4, -0.2) is 96.7 Å². The molecule has 0 heterocycles. The fraction of sp³-hybridized carbons (Fsp3) is 0.895. The van der Waals surface area contributed by atoms with Crippen LogP contribution in [0.15, 0.2) is 24.3 Å². The molecule has 0 aromatic heterocycles. The van der Waals surface area contributed by atoms with Crippen LogP contribution in [0.5, 0.6) is 0 Å². The summed E-state index contributed by atoms with van der Waals surface area (Å²) >= 11 is 0. The molecule has 2 unspecified atom stereocenters. The Bertz CT molecular complexity index is 1900. The maximum Gasteiger partial charge on any atom is 0.472 e. The van der Waals surface area contributed by atoms with E-state index in [-0.39, 0.29) is 25.7 Å². The van der Waals surface area contributed by atoms with Crippen LogP contribution < -0.4 is 0 Å². The molecule has 0 saturated carbocycles. The van der Waals surface area contributed by atoms with Gasteiger partial charge in [-0.3, -0.25) is 37.3 Å². The average molecular weight is 1390 g/mol. The quantitative estimate of drug-likeness (QED) is 0.0169. The predicted molar refractivity (Wildman–Crippen MR) is 386 cm³/mol. The molecule has 560 valence electrons. The van der Waals surface area contributed by atoms with Crippen LogP contribution in [0.3, 0.4) is 0 Å². The van der Waals surface area contributed by atoms with E-state index in [1.807, 2.05) is 0 Å². The summed E-state index contributed by atoms with van der Waals surface area (Å²) in [6.45, 7) is 4.91. The summed E-state index contributed by atoms with van der Waals surface area (Å²) in [6, 6.07) is 0. The first-order valence-electron chi connectivity index (χ1n) is 39.1. The molecule has 0 rings (SSSR count). The number of esters is 4. The number of aliphatic hydroxyl groups excluding tert-OH is 1. The zero-order valence-electron chi connectivity index (χ0n) is 61.1. The van der Waals surface area contributed by atoms with E-state index in [0.29, 0.717) is 25.7 Å². The van der Waals surface area contributed by atoms with Crippen LogP contribution in [0.1, 0.15) is 381 Å². The number of aliphatic hydroxyl groups is 1. The van der Waals surface area contributed by atoms with E-state index >= 15 is 0 Å². The van der Waals surface area contributed by atoms with Gasteiger partial charge in [0.15, 0.2) is 12.2 Å². The number of ether oxygens (including phenoxy) is 4. The molecule has 0 amide bonds. The van der Waals surface area contributed by atoms with Crippen molar-refractivity contribution in [3.05, 3.63) is 24.3 Å². The van der Waals surface area contributed by atoms with Gasteiger partial charge in [-0.15, -0.1) is 0 Å². The maximum absolute atomic E-state index is 13.1. The van der Waals surface area contributed by atoms with Crippen LogP contribution in [0.2, 0.25) is 0 Å². The Balaban J connectivity index is 5.25. The number of allylic oxidation sites excluding steroid dienone is 4. The van der Waals surface area contributed by atoms with E-state index in [4.69, 9.17) is 37.0 Å². The van der Waals surface area contributed by atoms with E-state index in [1.165, 1.54) is 193 Å². The molecule has 95 heavy (non-hydrogen) atoms. The molecule has 0 aromatic carbocycles. The van der Waals surface area contributed by atoms with Crippen molar-refractivity contribution in [2.75, 3.05) is 39.6 Å². The third-order valence-corrected chi connectivity index (χ3v) is 19.1. The highest BCUT2D eigenvalue weighted by Crippen LogP contribution is 2.45. The van der Waals surface area contributed by atoms with E-state index in [2.05, 4.69) is 52.0 Å². The molecule has 0 bridgehead atoms. The van der Waals surface area contributed by atoms with E-state index in [0.717, 1.165) is 109 Å². The van der Waals surface area contributed by atoms with Crippen molar-refractivity contribution < 1.29 is 80.2 Å². The minimum atomic E-state index is -4.96. The summed E-state index contributed by atoms with van der Waals surface area (Å²) in [6.07, 6.45) is 63.2. The summed E-state index contributed by atoms with van der Waals surface area (Å²) in [5.74, 6) is -2.14. The molecule has 0 spiro atoms. The molecule has 0 aliphatic rings. The van der Waals surface area contributed by atoms with Gasteiger partial charge in [0.2, 0.25) is 0 Å². The Kier molecular flexibility index (Phi) is 68.2. The van der Waals surface area contributed by atoms with Gasteiger partial charge in [-0.05, 0) is 51.4 Å². The number of hydrogen-bond acceptors (Lipinski definition) is 15. The zero-order chi connectivity index (χ0) is 69.7. The van der Waals surface area contributed by atoms with Crippen LogP contribution in [-0.2, 0) is 65.4 Å². The third-order valence-electron chi connectivity index (χ3n) is 17.2. The highest BCUT2D eigenvalue weighted by Gasteiger charge is 2.30. The van der Waals surface area contributed by atoms with Crippen LogP contribution in [0, 0.1) is 0 Å². The molecular weight excluding hydrogens is 1250 g/mol. The fourth-order valence-electron chi connectivity index (χ4n) is 11.2. The number of carbonyl (C=O) groups is 4. The Morgan fingerprint density at radius 1 is 0.295 bits per heavy atom. The van der Waals surface area contributed by atoms with Gasteiger partial charge in [-0.1, -0.05) is 328 Å². The van der Waals surface area contributed by atoms with Crippen LogP contribution >= 0.6 is 15.6 Å². The molecule has 0 aromatic rings. The summed E-state index contributed by atoms with van der Waals surface area (Å²) < 4.78 is 68.4. The van der Waals surface area contributed by atoms with Gasteiger partial charge in [0.1, 0.15) is 19.3 Å². The number of rotatable bonds is 75. The second-order valence-corrected chi connectivity index (χ2v) is 29.6. The normalized spacial score (nSPS) is 14.1. The number of phosphoric ester groups is 2. The molecule has 5 atom stereocenters. The smallest absolute Gasteiger partial charge is 0.462 e. The lowest BCUT2D eigenvalue weighted by Crippen LogP contribution is -2.30. The summed E-state index contributed by atoms with van der Waals surface area (Å²) in [5, 5.41) is 10.6. The fourth-order valence-corrected chi connectivity index (χ4v) is 12.8. The largest absolute Gasteiger partial charge is 0.472 e. The minimum Gasteiger partial charge on any atom is -0.462 e. The standard InChI is InChI=1S/C76H144O17P2/c1-5-9-13-17-21-25-28-31-33-34-35-36-38-40-43-47-51-55-59-63-76(81)93-72(67-87-74(79)61-57-53-49-45-42-39-37-32-29-26-22-18-14-10-6-2)69-91-95(84,85)89-65-70(77)64-88-94(82,83)90-68-71(66-86-73(78)60-56-52-48-44-24-20-16-12-8-4)92-75(80)62-58-54-50-46-41-30-27-23-19-15-11-7-3/h26,29,32,37,70-72,77H,5-25,27-28,30-31,33-36,38-69H2,1-4H3,(H,82,83)(H,84,85)/b29-26-,37-32-/t70-,71+,72+/m0/s1. The van der Waals surface area contributed by atoms with Gasteiger partial charge in [0.05, 0.1) is 26.4 Å².